The van der Waals surface area contributed by atoms with Crippen LogP contribution in [0.1, 0.15) is 32.7 Å². The number of benzene rings is 2. The summed E-state index contributed by atoms with van der Waals surface area (Å²) in [6.45, 7) is 8.81. The van der Waals surface area contributed by atoms with E-state index >= 15 is 0 Å². The first-order valence-corrected chi connectivity index (χ1v) is 11.9. The quantitative estimate of drug-likeness (QED) is 0.628. The molecule has 6 nitrogen and oxygen atoms in total. The second-order valence-electron chi connectivity index (χ2n) is 8.28. The topological polar surface area (TPSA) is 70.6 Å². The van der Waals surface area contributed by atoms with E-state index in [1.165, 1.54) is 4.31 Å². The lowest BCUT2D eigenvalue weighted by atomic mass is 10.1. The first-order valence-electron chi connectivity index (χ1n) is 10.4. The van der Waals surface area contributed by atoms with E-state index < -0.39 is 10.0 Å². The minimum Gasteiger partial charge on any atom is -0.336 e. The van der Waals surface area contributed by atoms with Gasteiger partial charge in [-0.2, -0.15) is 4.31 Å². The molecule has 3 aromatic rings. The maximum Gasteiger partial charge on any atom is 0.255 e. The molecule has 1 saturated heterocycles. The predicted octanol–water partition coefficient (Wildman–Crippen LogP) is 3.62. The Morgan fingerprint density at radius 2 is 1.52 bits per heavy atom. The number of amides is 1. The van der Waals surface area contributed by atoms with E-state index in [1.54, 1.807) is 11.0 Å². The van der Waals surface area contributed by atoms with E-state index in [-0.39, 0.29) is 19.0 Å². The smallest absolute Gasteiger partial charge is 0.255 e. The van der Waals surface area contributed by atoms with E-state index in [4.69, 9.17) is 0 Å². The summed E-state index contributed by atoms with van der Waals surface area (Å²) in [5.74, 6) is -0.0998. The molecule has 162 valence electrons. The van der Waals surface area contributed by atoms with Gasteiger partial charge in [0, 0.05) is 31.6 Å². The average molecular weight is 438 g/mol. The van der Waals surface area contributed by atoms with Crippen LogP contribution in [0, 0.1) is 27.7 Å². The number of aromatic nitrogens is 1. The van der Waals surface area contributed by atoms with Gasteiger partial charge in [-0.05, 0) is 63.1 Å². The van der Waals surface area contributed by atoms with Crippen molar-refractivity contribution in [3.63, 3.8) is 0 Å². The summed E-state index contributed by atoms with van der Waals surface area (Å²) in [6, 6.07) is 13.3. The Labute approximate surface area is 183 Å². The molecule has 1 aliphatic heterocycles. The molecule has 2 heterocycles. The molecule has 0 bridgehead atoms. The highest BCUT2D eigenvalue weighted by molar-refractivity contribution is 7.89. The highest BCUT2D eigenvalue weighted by Gasteiger charge is 2.32. The van der Waals surface area contributed by atoms with Gasteiger partial charge in [0.1, 0.15) is 0 Å². The Morgan fingerprint density at radius 3 is 2.23 bits per heavy atom. The van der Waals surface area contributed by atoms with Crippen LogP contribution in [0.15, 0.2) is 47.4 Å². The molecule has 0 saturated carbocycles. The Bertz CT molecular complexity index is 1280. The zero-order chi connectivity index (χ0) is 22.3. The van der Waals surface area contributed by atoms with Crippen molar-refractivity contribution in [3.05, 3.63) is 70.4 Å². The van der Waals surface area contributed by atoms with Crippen LogP contribution < -0.4 is 0 Å². The number of nitrogens with zero attached hydrogens (tertiary/aromatic N) is 3. The summed E-state index contributed by atoms with van der Waals surface area (Å²) < 4.78 is 27.8. The lowest BCUT2D eigenvalue weighted by Crippen LogP contribution is -2.50. The number of rotatable bonds is 3. The van der Waals surface area contributed by atoms with E-state index in [9.17, 15) is 13.2 Å². The van der Waals surface area contributed by atoms with Crippen LogP contribution in [0.25, 0.3) is 10.9 Å². The molecule has 2 aromatic carbocycles. The molecule has 1 aromatic heterocycles. The fourth-order valence-electron chi connectivity index (χ4n) is 4.03. The summed E-state index contributed by atoms with van der Waals surface area (Å²) in [6.07, 6.45) is 0. The number of hydrogen-bond acceptors (Lipinski definition) is 4. The molecule has 0 radical (unpaired) electrons. The van der Waals surface area contributed by atoms with Crippen LogP contribution in [0.5, 0.6) is 0 Å². The van der Waals surface area contributed by atoms with Gasteiger partial charge in [0.25, 0.3) is 5.91 Å². The molecule has 4 rings (SSSR count). The average Bonchev–Trinajstić information content (AvgIpc) is 2.74. The second kappa shape index (κ2) is 8.05. The molecule has 1 aliphatic rings. The van der Waals surface area contributed by atoms with Crippen molar-refractivity contribution < 1.29 is 13.2 Å². The normalized spacial score (nSPS) is 15.4. The minimum atomic E-state index is -3.59. The molecule has 1 amide bonds. The Balaban J connectivity index is 1.54. The summed E-state index contributed by atoms with van der Waals surface area (Å²) >= 11 is 0. The van der Waals surface area contributed by atoms with Crippen LogP contribution in [0.4, 0.5) is 0 Å². The van der Waals surface area contributed by atoms with E-state index in [2.05, 4.69) is 4.98 Å². The maximum atomic E-state index is 13.2. The molecular formula is C24H27N3O3S. The van der Waals surface area contributed by atoms with E-state index in [0.717, 1.165) is 27.6 Å². The standard InChI is InChI=1S/C24H27N3O3S/c1-16-6-8-22-20(13-16)15-21(19(4)25-22)24(28)26-9-11-27(12-10-26)31(29,30)23-14-17(2)5-7-18(23)3/h5-8,13-15H,9-12H2,1-4H3. The highest BCUT2D eigenvalue weighted by Crippen LogP contribution is 2.24. The third-order valence-corrected chi connectivity index (χ3v) is 7.92. The zero-order valence-corrected chi connectivity index (χ0v) is 19.2. The summed E-state index contributed by atoms with van der Waals surface area (Å²) in [7, 11) is -3.59. The molecule has 0 unspecified atom stereocenters. The lowest BCUT2D eigenvalue weighted by molar-refractivity contribution is 0.0697. The van der Waals surface area contributed by atoms with Crippen LogP contribution in [-0.2, 0) is 10.0 Å². The summed E-state index contributed by atoms with van der Waals surface area (Å²) in [4.78, 5) is 19.9. The number of piperazine rings is 1. The third-order valence-electron chi connectivity index (χ3n) is 5.88. The number of sulfonamides is 1. The van der Waals surface area contributed by atoms with E-state index in [1.807, 2.05) is 64.1 Å². The molecule has 0 N–H and O–H groups in total. The fraction of sp³-hybridized carbons (Fsp3) is 0.333. The first kappa shape index (κ1) is 21.5. The van der Waals surface area contributed by atoms with Gasteiger partial charge < -0.3 is 4.90 Å². The maximum absolute atomic E-state index is 13.2. The molecule has 7 heteroatoms. The van der Waals surface area contributed by atoms with Crippen molar-refractivity contribution in [2.75, 3.05) is 26.2 Å². The summed E-state index contributed by atoms with van der Waals surface area (Å²) in [5.41, 5.74) is 4.88. The number of carbonyl (C=O) groups excluding carboxylic acids is 1. The van der Waals surface area contributed by atoms with Crippen LogP contribution in [0.2, 0.25) is 0 Å². The molecule has 1 fully saturated rings. The van der Waals surface area contributed by atoms with Crippen molar-refractivity contribution in [1.82, 2.24) is 14.2 Å². The Kier molecular flexibility index (Phi) is 5.58. The van der Waals surface area contributed by atoms with Crippen LogP contribution in [0.3, 0.4) is 0 Å². The summed E-state index contributed by atoms with van der Waals surface area (Å²) in [5, 5.41) is 0.935. The van der Waals surface area contributed by atoms with Gasteiger partial charge >= 0.3 is 0 Å². The monoisotopic (exact) mass is 437 g/mol. The van der Waals surface area contributed by atoms with Crippen molar-refractivity contribution >= 4 is 26.8 Å². The molecule has 0 spiro atoms. The highest BCUT2D eigenvalue weighted by atomic mass is 32.2. The molecule has 0 atom stereocenters. The predicted molar refractivity (Wildman–Crippen MR) is 122 cm³/mol. The SMILES string of the molecule is Cc1ccc(C)c(S(=O)(=O)N2CCN(C(=O)c3cc4cc(C)ccc4nc3C)CC2)c1. The van der Waals surface area contributed by atoms with Crippen molar-refractivity contribution in [2.24, 2.45) is 0 Å². The minimum absolute atomic E-state index is 0.0998. The zero-order valence-electron chi connectivity index (χ0n) is 18.3. The van der Waals surface area contributed by atoms with Crippen molar-refractivity contribution in [3.8, 4) is 0 Å². The Hall–Kier alpha value is -2.77. The van der Waals surface area contributed by atoms with Crippen LogP contribution in [-0.4, -0.2) is 54.7 Å². The third kappa shape index (κ3) is 4.07. The number of carbonyl (C=O) groups is 1. The number of fused-ring (bicyclic) bond motifs is 1. The largest absolute Gasteiger partial charge is 0.336 e. The molecule has 31 heavy (non-hydrogen) atoms. The van der Waals surface area contributed by atoms with Gasteiger partial charge in [0.05, 0.1) is 21.7 Å². The number of aryl methyl sites for hydroxylation is 4. The van der Waals surface area contributed by atoms with Gasteiger partial charge in [0.15, 0.2) is 0 Å². The van der Waals surface area contributed by atoms with E-state index in [0.29, 0.717) is 29.2 Å². The van der Waals surface area contributed by atoms with Gasteiger partial charge in [-0.15, -0.1) is 0 Å². The van der Waals surface area contributed by atoms with Gasteiger partial charge in [-0.3, -0.25) is 9.78 Å². The van der Waals surface area contributed by atoms with Crippen molar-refractivity contribution in [2.45, 2.75) is 32.6 Å². The second-order valence-corrected chi connectivity index (χ2v) is 10.2. The molecular weight excluding hydrogens is 410 g/mol. The molecule has 0 aliphatic carbocycles. The van der Waals surface area contributed by atoms with Crippen molar-refractivity contribution in [1.29, 1.82) is 0 Å². The van der Waals surface area contributed by atoms with Gasteiger partial charge in [-0.1, -0.05) is 23.8 Å². The van der Waals surface area contributed by atoms with Crippen LogP contribution >= 0.6 is 0 Å². The Morgan fingerprint density at radius 1 is 0.871 bits per heavy atom. The number of pyridine rings is 1. The fourth-order valence-corrected chi connectivity index (χ4v) is 5.77. The lowest BCUT2D eigenvalue weighted by Gasteiger charge is -2.34. The van der Waals surface area contributed by atoms with Gasteiger partial charge in [-0.25, -0.2) is 8.42 Å². The first-order chi connectivity index (χ1) is 14.7. The van der Waals surface area contributed by atoms with Gasteiger partial charge in [0.2, 0.25) is 10.0 Å². The number of hydrogen-bond donors (Lipinski definition) is 0.